The molecule has 0 saturated carbocycles. The largest absolute Gasteiger partial charge is 0.416 e. The molecule has 2 amide bonds. The SMILES string of the molecule is O=C(Nc1cc(C(F)(F)F)ccc1N1CCOCC1)C1CC(=O)N(Cc2ccccc2Cl)C1. The third-order valence-electron chi connectivity index (χ3n) is 5.84. The second-order valence-electron chi connectivity index (χ2n) is 8.09. The minimum atomic E-state index is -4.54. The highest BCUT2D eigenvalue weighted by Crippen LogP contribution is 2.36. The fourth-order valence-corrected chi connectivity index (χ4v) is 4.26. The molecule has 176 valence electrons. The van der Waals surface area contributed by atoms with E-state index in [1.54, 1.807) is 23.1 Å². The molecule has 2 aliphatic heterocycles. The minimum absolute atomic E-state index is 0.0118. The first-order chi connectivity index (χ1) is 15.7. The molecular weight excluding hydrogens is 459 g/mol. The van der Waals surface area contributed by atoms with Gasteiger partial charge in [-0.05, 0) is 29.8 Å². The van der Waals surface area contributed by atoms with E-state index in [0.29, 0.717) is 37.0 Å². The van der Waals surface area contributed by atoms with Crippen molar-refractivity contribution in [1.29, 1.82) is 0 Å². The third kappa shape index (κ3) is 5.42. The summed E-state index contributed by atoms with van der Waals surface area (Å²) in [6.07, 6.45) is -4.56. The maximum absolute atomic E-state index is 13.3. The van der Waals surface area contributed by atoms with Gasteiger partial charge in [0, 0.05) is 37.6 Å². The van der Waals surface area contributed by atoms with Gasteiger partial charge in [0.1, 0.15) is 0 Å². The number of carbonyl (C=O) groups is 2. The molecular formula is C23H23ClF3N3O3. The minimum Gasteiger partial charge on any atom is -0.378 e. The number of hydrogen-bond donors (Lipinski definition) is 1. The lowest BCUT2D eigenvalue weighted by Gasteiger charge is -2.31. The number of anilines is 2. The van der Waals surface area contributed by atoms with Gasteiger partial charge in [-0.15, -0.1) is 0 Å². The Labute approximate surface area is 194 Å². The normalized spacial score (nSPS) is 19.2. The zero-order chi connectivity index (χ0) is 23.6. The van der Waals surface area contributed by atoms with Gasteiger partial charge in [-0.3, -0.25) is 9.59 Å². The van der Waals surface area contributed by atoms with Gasteiger partial charge in [-0.25, -0.2) is 0 Å². The lowest BCUT2D eigenvalue weighted by atomic mass is 10.1. The molecule has 1 atom stereocenters. The van der Waals surface area contributed by atoms with Crippen LogP contribution in [0, 0.1) is 5.92 Å². The number of rotatable bonds is 5. The molecule has 0 bridgehead atoms. The summed E-state index contributed by atoms with van der Waals surface area (Å²) in [5.41, 5.74) is 0.490. The molecule has 0 aliphatic carbocycles. The molecule has 2 aromatic carbocycles. The van der Waals surface area contributed by atoms with E-state index in [1.807, 2.05) is 11.0 Å². The van der Waals surface area contributed by atoms with Crippen molar-refractivity contribution in [3.05, 3.63) is 58.6 Å². The van der Waals surface area contributed by atoms with Crippen molar-refractivity contribution in [3.8, 4) is 0 Å². The van der Waals surface area contributed by atoms with Gasteiger partial charge >= 0.3 is 6.18 Å². The van der Waals surface area contributed by atoms with Crippen LogP contribution in [0.1, 0.15) is 17.5 Å². The molecule has 2 heterocycles. The number of carbonyl (C=O) groups excluding carboxylic acids is 2. The Bertz CT molecular complexity index is 1040. The molecule has 33 heavy (non-hydrogen) atoms. The highest BCUT2D eigenvalue weighted by atomic mass is 35.5. The van der Waals surface area contributed by atoms with Crippen molar-refractivity contribution in [2.75, 3.05) is 43.1 Å². The molecule has 0 radical (unpaired) electrons. The molecule has 1 N–H and O–H groups in total. The predicted octanol–water partition coefficient (Wildman–Crippen LogP) is 4.18. The number of likely N-dealkylation sites (tertiary alicyclic amines) is 1. The lowest BCUT2D eigenvalue weighted by molar-refractivity contribution is -0.137. The van der Waals surface area contributed by atoms with E-state index in [0.717, 1.165) is 17.7 Å². The monoisotopic (exact) mass is 481 g/mol. The van der Waals surface area contributed by atoms with Crippen molar-refractivity contribution in [1.82, 2.24) is 4.90 Å². The molecule has 2 aromatic rings. The summed E-state index contributed by atoms with van der Waals surface area (Å²) in [6.45, 7) is 2.33. The molecule has 4 rings (SSSR count). The van der Waals surface area contributed by atoms with Gasteiger partial charge in [0.05, 0.1) is 36.1 Å². The van der Waals surface area contributed by atoms with Crippen molar-refractivity contribution >= 4 is 34.8 Å². The van der Waals surface area contributed by atoms with E-state index in [4.69, 9.17) is 16.3 Å². The molecule has 1 unspecified atom stereocenters. The van der Waals surface area contributed by atoms with Crippen molar-refractivity contribution in [2.45, 2.75) is 19.1 Å². The Kier molecular flexibility index (Phi) is 6.81. The van der Waals surface area contributed by atoms with Crippen LogP contribution in [0.5, 0.6) is 0 Å². The number of morpholine rings is 1. The van der Waals surface area contributed by atoms with Gasteiger partial charge in [0.25, 0.3) is 0 Å². The smallest absolute Gasteiger partial charge is 0.378 e. The maximum Gasteiger partial charge on any atom is 0.416 e. The third-order valence-corrected chi connectivity index (χ3v) is 6.21. The van der Waals surface area contributed by atoms with E-state index < -0.39 is 23.6 Å². The van der Waals surface area contributed by atoms with Gasteiger partial charge < -0.3 is 19.9 Å². The highest BCUT2D eigenvalue weighted by molar-refractivity contribution is 6.31. The van der Waals surface area contributed by atoms with Gasteiger partial charge in [-0.2, -0.15) is 13.2 Å². The van der Waals surface area contributed by atoms with Crippen molar-refractivity contribution in [2.24, 2.45) is 5.92 Å². The summed E-state index contributed by atoms with van der Waals surface area (Å²) in [4.78, 5) is 28.9. The average molecular weight is 482 g/mol. The number of amides is 2. The number of halogens is 4. The summed E-state index contributed by atoms with van der Waals surface area (Å²) in [5, 5.41) is 3.18. The number of ether oxygens (including phenoxy) is 1. The van der Waals surface area contributed by atoms with Crippen LogP contribution < -0.4 is 10.2 Å². The first-order valence-electron chi connectivity index (χ1n) is 10.6. The topological polar surface area (TPSA) is 61.9 Å². The Morgan fingerprint density at radius 3 is 2.58 bits per heavy atom. The summed E-state index contributed by atoms with van der Waals surface area (Å²) < 4.78 is 45.3. The van der Waals surface area contributed by atoms with Crippen LogP contribution in [0.3, 0.4) is 0 Å². The Morgan fingerprint density at radius 2 is 1.88 bits per heavy atom. The summed E-state index contributed by atoms with van der Waals surface area (Å²) in [6, 6.07) is 10.4. The summed E-state index contributed by atoms with van der Waals surface area (Å²) in [7, 11) is 0. The van der Waals surface area contributed by atoms with Crippen LogP contribution in [-0.2, 0) is 27.0 Å². The molecule has 0 aromatic heterocycles. The van der Waals surface area contributed by atoms with Crippen LogP contribution in [0.2, 0.25) is 5.02 Å². The molecule has 2 saturated heterocycles. The molecule has 2 fully saturated rings. The second-order valence-corrected chi connectivity index (χ2v) is 8.49. The van der Waals surface area contributed by atoms with Crippen molar-refractivity contribution < 1.29 is 27.5 Å². The number of hydrogen-bond acceptors (Lipinski definition) is 4. The quantitative estimate of drug-likeness (QED) is 0.696. The number of nitrogens with zero attached hydrogens (tertiary/aromatic N) is 2. The van der Waals surface area contributed by atoms with Gasteiger partial charge in [0.2, 0.25) is 11.8 Å². The predicted molar refractivity (Wildman–Crippen MR) is 118 cm³/mol. The lowest BCUT2D eigenvalue weighted by Crippen LogP contribution is -2.37. The zero-order valence-corrected chi connectivity index (χ0v) is 18.5. The Hall–Kier alpha value is -2.78. The van der Waals surface area contributed by atoms with Crippen LogP contribution in [0.15, 0.2) is 42.5 Å². The first-order valence-corrected chi connectivity index (χ1v) is 11.0. The summed E-state index contributed by atoms with van der Waals surface area (Å²) >= 11 is 6.18. The van der Waals surface area contributed by atoms with Gasteiger partial charge in [0.15, 0.2) is 0 Å². The van der Waals surface area contributed by atoms with E-state index in [-0.39, 0.29) is 31.1 Å². The average Bonchev–Trinajstić information content (AvgIpc) is 3.16. The fourth-order valence-electron chi connectivity index (χ4n) is 4.06. The number of alkyl halides is 3. The number of benzene rings is 2. The second kappa shape index (κ2) is 9.61. The fraction of sp³-hybridized carbons (Fsp3) is 0.391. The number of nitrogens with one attached hydrogen (secondary N) is 1. The Balaban J connectivity index is 1.51. The van der Waals surface area contributed by atoms with E-state index in [9.17, 15) is 22.8 Å². The highest BCUT2D eigenvalue weighted by Gasteiger charge is 2.36. The van der Waals surface area contributed by atoms with Crippen LogP contribution in [-0.4, -0.2) is 49.6 Å². The van der Waals surface area contributed by atoms with Crippen LogP contribution in [0.4, 0.5) is 24.5 Å². The molecule has 2 aliphatic rings. The molecule has 6 nitrogen and oxygen atoms in total. The van der Waals surface area contributed by atoms with Crippen molar-refractivity contribution in [3.63, 3.8) is 0 Å². The molecule has 10 heteroatoms. The summed E-state index contributed by atoms with van der Waals surface area (Å²) in [5.74, 6) is -1.36. The van der Waals surface area contributed by atoms with E-state index in [1.165, 1.54) is 6.07 Å². The van der Waals surface area contributed by atoms with Crippen LogP contribution >= 0.6 is 11.6 Å². The Morgan fingerprint density at radius 1 is 1.15 bits per heavy atom. The van der Waals surface area contributed by atoms with Gasteiger partial charge in [-0.1, -0.05) is 29.8 Å². The van der Waals surface area contributed by atoms with E-state index >= 15 is 0 Å². The standard InChI is InChI=1S/C23H23ClF3N3O3/c24-18-4-2-1-3-15(18)13-30-14-16(11-21(30)31)22(32)28-19-12-17(23(25,26)27)5-6-20(19)29-7-9-33-10-8-29/h1-6,12,16H,7-11,13-14H2,(H,28,32). The molecule has 0 spiro atoms. The maximum atomic E-state index is 13.3. The van der Waals surface area contributed by atoms with E-state index in [2.05, 4.69) is 5.32 Å². The first kappa shape index (κ1) is 23.4. The van der Waals surface area contributed by atoms with Crippen LogP contribution in [0.25, 0.3) is 0 Å². The zero-order valence-electron chi connectivity index (χ0n) is 17.7.